The number of piperazine rings is 1. The van der Waals surface area contributed by atoms with Gasteiger partial charge in [0.05, 0.1) is 11.4 Å². The van der Waals surface area contributed by atoms with Crippen LogP contribution in [0.4, 0.5) is 14.5 Å². The fraction of sp³-hybridized carbons (Fsp3) is 0.600. The van der Waals surface area contributed by atoms with E-state index in [-0.39, 0.29) is 5.75 Å². The Balaban J connectivity index is 1.62. The average molecular weight is 330 g/mol. The number of rotatable bonds is 4. The summed E-state index contributed by atoms with van der Waals surface area (Å²) in [6.07, 6.45) is 3.12. The smallest absolute Gasteiger partial charge is 0.214 e. The number of hydrogen-bond acceptors (Lipinski definition) is 3. The molecule has 1 saturated carbocycles. The number of sulfonamides is 1. The van der Waals surface area contributed by atoms with Crippen LogP contribution >= 0.6 is 0 Å². The van der Waals surface area contributed by atoms with Gasteiger partial charge in [-0.3, -0.25) is 0 Å². The summed E-state index contributed by atoms with van der Waals surface area (Å²) in [6, 6.07) is 3.48. The van der Waals surface area contributed by atoms with Crippen LogP contribution in [0.2, 0.25) is 0 Å². The molecule has 1 heterocycles. The van der Waals surface area contributed by atoms with E-state index >= 15 is 0 Å². The topological polar surface area (TPSA) is 40.6 Å². The third-order valence-electron chi connectivity index (χ3n) is 4.55. The van der Waals surface area contributed by atoms with Gasteiger partial charge < -0.3 is 4.90 Å². The summed E-state index contributed by atoms with van der Waals surface area (Å²) in [5, 5.41) is 0. The zero-order valence-corrected chi connectivity index (χ0v) is 13.2. The van der Waals surface area contributed by atoms with Gasteiger partial charge in [-0.2, -0.15) is 4.31 Å². The third-order valence-corrected chi connectivity index (χ3v) is 6.60. The zero-order chi connectivity index (χ0) is 15.7. The van der Waals surface area contributed by atoms with Crippen LogP contribution in [0.25, 0.3) is 0 Å². The highest BCUT2D eigenvalue weighted by atomic mass is 32.2. The number of halogens is 2. The molecule has 1 aromatic rings. The van der Waals surface area contributed by atoms with E-state index in [2.05, 4.69) is 0 Å². The van der Waals surface area contributed by atoms with E-state index < -0.39 is 21.7 Å². The minimum Gasteiger partial charge on any atom is -0.367 e. The normalized spacial score (nSPS) is 20.9. The quantitative estimate of drug-likeness (QED) is 0.850. The maximum absolute atomic E-state index is 13.8. The van der Waals surface area contributed by atoms with Crippen molar-refractivity contribution in [2.75, 3.05) is 36.8 Å². The molecule has 0 spiro atoms. The summed E-state index contributed by atoms with van der Waals surface area (Å²) < 4.78 is 52.9. The van der Waals surface area contributed by atoms with E-state index in [1.54, 1.807) is 4.90 Å². The molecule has 0 aromatic heterocycles. The summed E-state index contributed by atoms with van der Waals surface area (Å²) in [4.78, 5) is 1.77. The molecule has 0 unspecified atom stereocenters. The van der Waals surface area contributed by atoms with Gasteiger partial charge >= 0.3 is 0 Å². The second-order valence-electron chi connectivity index (χ2n) is 6.06. The lowest BCUT2D eigenvalue weighted by Gasteiger charge is -2.36. The Kier molecular flexibility index (Phi) is 4.36. The molecule has 0 radical (unpaired) electrons. The van der Waals surface area contributed by atoms with Crippen LogP contribution in [0.5, 0.6) is 0 Å². The Hall–Kier alpha value is -1.21. The highest BCUT2D eigenvalue weighted by Crippen LogP contribution is 2.29. The molecule has 22 heavy (non-hydrogen) atoms. The molecule has 0 N–H and O–H groups in total. The second-order valence-corrected chi connectivity index (χ2v) is 8.07. The fourth-order valence-electron chi connectivity index (χ4n) is 3.01. The van der Waals surface area contributed by atoms with E-state index in [1.807, 2.05) is 0 Å². The minimum atomic E-state index is -3.21. The second kappa shape index (κ2) is 6.12. The lowest BCUT2D eigenvalue weighted by Crippen LogP contribution is -2.50. The van der Waals surface area contributed by atoms with E-state index in [0.717, 1.165) is 25.3 Å². The van der Waals surface area contributed by atoms with Gasteiger partial charge in [0.25, 0.3) is 0 Å². The molecule has 0 bridgehead atoms. The molecule has 1 saturated heterocycles. The molecule has 2 aliphatic rings. The van der Waals surface area contributed by atoms with Crippen LogP contribution in [-0.4, -0.2) is 44.7 Å². The summed E-state index contributed by atoms with van der Waals surface area (Å²) in [5.41, 5.74) is 0.331. The van der Waals surface area contributed by atoms with Gasteiger partial charge in [0, 0.05) is 32.2 Å². The van der Waals surface area contributed by atoms with Gasteiger partial charge in [0.1, 0.15) is 11.6 Å². The van der Waals surface area contributed by atoms with Crippen LogP contribution < -0.4 is 4.90 Å². The summed E-state index contributed by atoms with van der Waals surface area (Å²) in [7, 11) is -3.21. The summed E-state index contributed by atoms with van der Waals surface area (Å²) in [6.45, 7) is 1.55. The van der Waals surface area contributed by atoms with Crippen molar-refractivity contribution in [3.63, 3.8) is 0 Å². The van der Waals surface area contributed by atoms with Gasteiger partial charge in [0.2, 0.25) is 10.0 Å². The number of anilines is 1. The standard InChI is InChI=1S/C15H20F2N2O2S/c16-13-4-5-15(14(17)10-13)18-6-8-19(9-7-18)22(20,21)11-12-2-1-3-12/h4-5,10,12H,1-3,6-9,11H2. The number of nitrogens with zero attached hydrogens (tertiary/aromatic N) is 2. The van der Waals surface area contributed by atoms with E-state index in [1.165, 1.54) is 16.4 Å². The summed E-state index contributed by atoms with van der Waals surface area (Å²) >= 11 is 0. The molecule has 1 aliphatic heterocycles. The summed E-state index contributed by atoms with van der Waals surface area (Å²) in [5.74, 6) is -0.677. The van der Waals surface area contributed by atoms with Crippen molar-refractivity contribution >= 4 is 15.7 Å². The Morgan fingerprint density at radius 3 is 2.32 bits per heavy atom. The molecule has 122 valence electrons. The van der Waals surface area contributed by atoms with Crippen molar-refractivity contribution in [3.8, 4) is 0 Å². The molecule has 2 fully saturated rings. The van der Waals surface area contributed by atoms with E-state index in [9.17, 15) is 17.2 Å². The number of hydrogen-bond donors (Lipinski definition) is 0. The largest absolute Gasteiger partial charge is 0.367 e. The first-order valence-corrected chi connectivity index (χ1v) is 9.24. The van der Waals surface area contributed by atoms with Crippen molar-refractivity contribution < 1.29 is 17.2 Å². The van der Waals surface area contributed by atoms with E-state index in [0.29, 0.717) is 37.8 Å². The van der Waals surface area contributed by atoms with Crippen molar-refractivity contribution in [3.05, 3.63) is 29.8 Å². The van der Waals surface area contributed by atoms with Crippen molar-refractivity contribution in [1.82, 2.24) is 4.31 Å². The van der Waals surface area contributed by atoms with Gasteiger partial charge in [-0.25, -0.2) is 17.2 Å². The molecule has 7 heteroatoms. The Morgan fingerprint density at radius 2 is 1.77 bits per heavy atom. The molecule has 1 aliphatic carbocycles. The predicted octanol–water partition coefficient (Wildman–Crippen LogP) is 2.22. The monoisotopic (exact) mass is 330 g/mol. The van der Waals surface area contributed by atoms with Crippen LogP contribution in [0, 0.1) is 17.6 Å². The Labute approximate surface area is 129 Å². The van der Waals surface area contributed by atoms with E-state index in [4.69, 9.17) is 0 Å². The first kappa shape index (κ1) is 15.7. The average Bonchev–Trinajstić information content (AvgIpc) is 2.43. The third kappa shape index (κ3) is 3.25. The lowest BCUT2D eigenvalue weighted by atomic mass is 9.87. The Bertz CT molecular complexity index is 639. The zero-order valence-electron chi connectivity index (χ0n) is 12.3. The fourth-order valence-corrected chi connectivity index (χ4v) is 4.87. The molecule has 0 amide bonds. The van der Waals surface area contributed by atoms with Crippen molar-refractivity contribution in [2.24, 2.45) is 5.92 Å². The van der Waals surface area contributed by atoms with Crippen molar-refractivity contribution in [1.29, 1.82) is 0 Å². The Morgan fingerprint density at radius 1 is 1.09 bits per heavy atom. The SMILES string of the molecule is O=S(=O)(CC1CCC1)N1CCN(c2ccc(F)cc2F)CC1. The van der Waals surface area contributed by atoms with Gasteiger partial charge in [-0.1, -0.05) is 6.42 Å². The van der Waals surface area contributed by atoms with Gasteiger partial charge in [-0.05, 0) is 30.9 Å². The minimum absolute atomic E-state index is 0.234. The first-order valence-electron chi connectivity index (χ1n) is 7.63. The molecule has 3 rings (SSSR count). The lowest BCUT2D eigenvalue weighted by molar-refractivity contribution is 0.330. The molecule has 4 nitrogen and oxygen atoms in total. The maximum Gasteiger partial charge on any atom is 0.214 e. The number of benzene rings is 1. The first-order chi connectivity index (χ1) is 10.5. The maximum atomic E-state index is 13.8. The molecular weight excluding hydrogens is 310 g/mol. The molecule has 0 atom stereocenters. The highest BCUT2D eigenvalue weighted by molar-refractivity contribution is 7.89. The highest BCUT2D eigenvalue weighted by Gasteiger charge is 2.31. The predicted molar refractivity (Wildman–Crippen MR) is 81.3 cm³/mol. The van der Waals surface area contributed by atoms with Crippen LogP contribution in [0.3, 0.4) is 0 Å². The van der Waals surface area contributed by atoms with Crippen LogP contribution in [0.15, 0.2) is 18.2 Å². The van der Waals surface area contributed by atoms with Crippen LogP contribution in [0.1, 0.15) is 19.3 Å². The molecule has 1 aromatic carbocycles. The van der Waals surface area contributed by atoms with Gasteiger partial charge in [-0.15, -0.1) is 0 Å². The molecular formula is C15H20F2N2O2S. The van der Waals surface area contributed by atoms with Crippen LogP contribution in [-0.2, 0) is 10.0 Å². The van der Waals surface area contributed by atoms with Crippen molar-refractivity contribution in [2.45, 2.75) is 19.3 Å². The van der Waals surface area contributed by atoms with Gasteiger partial charge in [0.15, 0.2) is 0 Å².